The average Bonchev–Trinajstić information content (AvgIpc) is 2.56. The van der Waals surface area contributed by atoms with Crippen LogP contribution >= 0.6 is 0 Å². The lowest BCUT2D eigenvalue weighted by atomic mass is 9.74. The maximum absolute atomic E-state index is 12.5. The zero-order valence-electron chi connectivity index (χ0n) is 12.0. The lowest BCUT2D eigenvalue weighted by molar-refractivity contribution is -0.118. The van der Waals surface area contributed by atoms with E-state index < -0.39 is 5.92 Å². The number of rotatable bonds is 1. The molecule has 0 aromatic heterocycles. The molecule has 22 heavy (non-hydrogen) atoms. The van der Waals surface area contributed by atoms with Gasteiger partial charge in [-0.15, -0.1) is 0 Å². The number of fused-ring (bicyclic) bond motifs is 2. The van der Waals surface area contributed by atoms with Crippen LogP contribution in [0.2, 0.25) is 0 Å². The Bertz CT molecular complexity index is 844. The fourth-order valence-electron chi connectivity index (χ4n) is 3.36. The van der Waals surface area contributed by atoms with E-state index in [4.69, 9.17) is 0 Å². The summed E-state index contributed by atoms with van der Waals surface area (Å²) in [4.78, 5) is 25.1. The number of carbonyl (C=O) groups is 2. The number of hydrogen-bond donors (Lipinski definition) is 0. The fourth-order valence-corrected chi connectivity index (χ4v) is 3.36. The maximum atomic E-state index is 12.5. The van der Waals surface area contributed by atoms with Crippen LogP contribution in [0.25, 0.3) is 6.08 Å². The molecule has 3 aliphatic carbocycles. The first-order valence-corrected chi connectivity index (χ1v) is 7.39. The molecule has 4 rings (SSSR count). The predicted molar refractivity (Wildman–Crippen MR) is 86.2 cm³/mol. The smallest absolute Gasteiger partial charge is 0.183 e. The van der Waals surface area contributed by atoms with Gasteiger partial charge >= 0.3 is 0 Å². The summed E-state index contributed by atoms with van der Waals surface area (Å²) in [6.45, 7) is 0. The molecule has 0 heterocycles. The number of carbonyl (C=O) groups excluding carboxylic acids is 2. The Kier molecular flexibility index (Phi) is 2.90. The van der Waals surface area contributed by atoms with Gasteiger partial charge in [0.1, 0.15) is 0 Å². The molecule has 1 aromatic carbocycles. The van der Waals surface area contributed by atoms with E-state index in [9.17, 15) is 9.59 Å². The SMILES string of the molecule is O=C1C=CC2=CC=CCC2=C1C1C(=O)C=Cc2ccccc21. The Hall–Kier alpha value is -2.74. The molecule has 0 radical (unpaired) electrons. The molecule has 106 valence electrons. The Balaban J connectivity index is 1.94. The summed E-state index contributed by atoms with van der Waals surface area (Å²) >= 11 is 0. The molecule has 3 aliphatic rings. The standard InChI is InChI=1S/C20H14O2/c21-17-11-9-13-5-1-3-7-15(13)19(17)20-16-8-4-2-6-14(16)10-12-18(20)22/h1-7,9-12,19H,8H2. The zero-order valence-corrected chi connectivity index (χ0v) is 12.0. The second kappa shape index (κ2) is 4.92. The van der Waals surface area contributed by atoms with Crippen molar-refractivity contribution in [3.8, 4) is 0 Å². The first-order valence-electron chi connectivity index (χ1n) is 7.39. The average molecular weight is 286 g/mol. The summed E-state index contributed by atoms with van der Waals surface area (Å²) in [6.07, 6.45) is 13.6. The number of ketones is 2. The van der Waals surface area contributed by atoms with Gasteiger partial charge in [-0.25, -0.2) is 0 Å². The highest BCUT2D eigenvalue weighted by Crippen LogP contribution is 2.40. The van der Waals surface area contributed by atoms with Crippen molar-refractivity contribution in [2.75, 3.05) is 0 Å². The predicted octanol–water partition coefficient (Wildman–Crippen LogP) is 3.69. The Morgan fingerprint density at radius 2 is 1.82 bits per heavy atom. The fraction of sp³-hybridized carbons (Fsp3) is 0.100. The van der Waals surface area contributed by atoms with Crippen LogP contribution in [-0.4, -0.2) is 11.6 Å². The third kappa shape index (κ3) is 1.88. The van der Waals surface area contributed by atoms with Gasteiger partial charge in [-0.3, -0.25) is 9.59 Å². The first-order chi connectivity index (χ1) is 10.8. The summed E-state index contributed by atoms with van der Waals surface area (Å²) in [5.41, 5.74) is 4.60. The largest absolute Gasteiger partial charge is 0.294 e. The highest BCUT2D eigenvalue weighted by molar-refractivity contribution is 6.16. The van der Waals surface area contributed by atoms with Gasteiger partial charge in [-0.2, -0.15) is 0 Å². The van der Waals surface area contributed by atoms with E-state index in [-0.39, 0.29) is 11.6 Å². The van der Waals surface area contributed by atoms with Crippen molar-refractivity contribution >= 4 is 17.6 Å². The third-order valence-corrected chi connectivity index (χ3v) is 4.39. The van der Waals surface area contributed by atoms with Crippen molar-refractivity contribution in [1.82, 2.24) is 0 Å². The van der Waals surface area contributed by atoms with Crippen LogP contribution in [0.15, 0.2) is 77.4 Å². The molecule has 0 aliphatic heterocycles. The van der Waals surface area contributed by atoms with Crippen LogP contribution in [0.3, 0.4) is 0 Å². The zero-order chi connectivity index (χ0) is 15.1. The Morgan fingerprint density at radius 3 is 2.73 bits per heavy atom. The second-order valence-corrected chi connectivity index (χ2v) is 5.64. The van der Waals surface area contributed by atoms with E-state index in [0.29, 0.717) is 12.0 Å². The quantitative estimate of drug-likeness (QED) is 0.789. The lowest BCUT2D eigenvalue weighted by Gasteiger charge is -2.27. The summed E-state index contributed by atoms with van der Waals surface area (Å²) in [5.74, 6) is -0.548. The van der Waals surface area contributed by atoms with Crippen molar-refractivity contribution in [2.45, 2.75) is 12.3 Å². The van der Waals surface area contributed by atoms with Crippen LogP contribution < -0.4 is 0 Å². The Morgan fingerprint density at radius 1 is 0.955 bits per heavy atom. The lowest BCUT2D eigenvalue weighted by Crippen LogP contribution is -2.24. The molecule has 0 fully saturated rings. The van der Waals surface area contributed by atoms with Crippen molar-refractivity contribution in [2.24, 2.45) is 0 Å². The summed E-state index contributed by atoms with van der Waals surface area (Å²) in [5, 5.41) is 0. The molecule has 0 spiro atoms. The highest BCUT2D eigenvalue weighted by atomic mass is 16.1. The molecule has 0 saturated heterocycles. The molecule has 0 N–H and O–H groups in total. The van der Waals surface area contributed by atoms with E-state index >= 15 is 0 Å². The number of allylic oxidation sites excluding steroid dienone is 9. The molecule has 0 amide bonds. The van der Waals surface area contributed by atoms with Gasteiger partial charge in [0.05, 0.1) is 5.92 Å². The third-order valence-electron chi connectivity index (χ3n) is 4.39. The molecule has 0 bridgehead atoms. The van der Waals surface area contributed by atoms with Gasteiger partial charge in [0.25, 0.3) is 0 Å². The van der Waals surface area contributed by atoms with Gasteiger partial charge in [-0.1, -0.05) is 54.6 Å². The van der Waals surface area contributed by atoms with Crippen molar-refractivity contribution < 1.29 is 9.59 Å². The molecule has 2 heteroatoms. The molecule has 1 atom stereocenters. The van der Waals surface area contributed by atoms with Crippen LogP contribution in [0.1, 0.15) is 23.5 Å². The molecule has 0 saturated carbocycles. The van der Waals surface area contributed by atoms with Crippen LogP contribution in [-0.2, 0) is 9.59 Å². The first kappa shape index (κ1) is 13.0. The minimum atomic E-state index is -0.483. The second-order valence-electron chi connectivity index (χ2n) is 5.64. The summed E-state index contributed by atoms with van der Waals surface area (Å²) in [7, 11) is 0. The molecule has 2 nitrogen and oxygen atoms in total. The van der Waals surface area contributed by atoms with Crippen LogP contribution in [0, 0.1) is 0 Å². The molecular weight excluding hydrogens is 272 g/mol. The monoisotopic (exact) mass is 286 g/mol. The minimum absolute atomic E-state index is 0.0150. The Labute approximate surface area is 128 Å². The summed E-state index contributed by atoms with van der Waals surface area (Å²) in [6, 6.07) is 7.80. The normalized spacial score (nSPS) is 22.5. The number of hydrogen-bond acceptors (Lipinski definition) is 2. The van der Waals surface area contributed by atoms with E-state index in [1.54, 1.807) is 12.2 Å². The van der Waals surface area contributed by atoms with Crippen LogP contribution in [0.4, 0.5) is 0 Å². The van der Waals surface area contributed by atoms with Gasteiger partial charge in [0.15, 0.2) is 11.6 Å². The highest BCUT2D eigenvalue weighted by Gasteiger charge is 2.34. The van der Waals surface area contributed by atoms with E-state index in [1.165, 1.54) is 0 Å². The molecule has 1 unspecified atom stereocenters. The van der Waals surface area contributed by atoms with Crippen LogP contribution in [0.5, 0.6) is 0 Å². The molecular formula is C20H14O2. The molecule has 1 aromatic rings. The van der Waals surface area contributed by atoms with Gasteiger partial charge in [0.2, 0.25) is 0 Å². The van der Waals surface area contributed by atoms with E-state index in [0.717, 1.165) is 22.3 Å². The van der Waals surface area contributed by atoms with E-state index in [2.05, 4.69) is 0 Å². The van der Waals surface area contributed by atoms with Gasteiger partial charge in [0, 0.05) is 5.57 Å². The minimum Gasteiger partial charge on any atom is -0.294 e. The topological polar surface area (TPSA) is 34.1 Å². The summed E-state index contributed by atoms with van der Waals surface area (Å²) < 4.78 is 0. The van der Waals surface area contributed by atoms with E-state index in [1.807, 2.05) is 54.6 Å². The van der Waals surface area contributed by atoms with Crippen molar-refractivity contribution in [1.29, 1.82) is 0 Å². The number of benzene rings is 1. The van der Waals surface area contributed by atoms with Gasteiger partial charge in [-0.05, 0) is 40.8 Å². The van der Waals surface area contributed by atoms with Crippen molar-refractivity contribution in [3.63, 3.8) is 0 Å². The van der Waals surface area contributed by atoms with Crippen molar-refractivity contribution in [3.05, 3.63) is 88.6 Å². The maximum Gasteiger partial charge on any atom is 0.183 e. The van der Waals surface area contributed by atoms with Gasteiger partial charge < -0.3 is 0 Å².